The summed E-state index contributed by atoms with van der Waals surface area (Å²) in [6.45, 7) is 1.85. The van der Waals surface area contributed by atoms with Crippen LogP contribution in [0.3, 0.4) is 0 Å². The highest BCUT2D eigenvalue weighted by molar-refractivity contribution is 8.13. The maximum Gasteiger partial charge on any atom is 0.206 e. The number of rotatable bonds is 1. The molecule has 0 atom stereocenters. The number of nitrogen functional groups attached to an aromatic ring is 1. The van der Waals surface area contributed by atoms with Gasteiger partial charge >= 0.3 is 0 Å². The van der Waals surface area contributed by atoms with E-state index in [9.17, 15) is 0 Å². The van der Waals surface area contributed by atoms with Crippen molar-refractivity contribution in [2.45, 2.75) is 6.92 Å². The fourth-order valence-electron chi connectivity index (χ4n) is 1.03. The maximum absolute atomic E-state index is 8.47. The van der Waals surface area contributed by atoms with Gasteiger partial charge < -0.3 is 10.3 Å². The minimum Gasteiger partial charge on any atom is -0.383 e. The van der Waals surface area contributed by atoms with Gasteiger partial charge in [-0.05, 0) is 13.2 Å². The van der Waals surface area contributed by atoms with Gasteiger partial charge in [-0.25, -0.2) is 4.98 Å². The average Bonchev–Trinajstić information content (AvgIpc) is 2.42. The van der Waals surface area contributed by atoms with Crippen molar-refractivity contribution < 1.29 is 0 Å². The summed E-state index contributed by atoms with van der Waals surface area (Å²) >= 11 is 1.36. The number of aromatic nitrogens is 2. The van der Waals surface area contributed by atoms with Crippen LogP contribution in [0, 0.1) is 18.4 Å². The largest absolute Gasteiger partial charge is 0.383 e. The number of aliphatic imine (C=N–C) groups is 1. The van der Waals surface area contributed by atoms with Gasteiger partial charge in [0.15, 0.2) is 0 Å². The highest BCUT2D eigenvalue weighted by Crippen LogP contribution is 2.18. The van der Waals surface area contributed by atoms with Gasteiger partial charge in [-0.1, -0.05) is 0 Å². The number of anilines is 1. The van der Waals surface area contributed by atoms with Crippen LogP contribution in [0.15, 0.2) is 4.99 Å². The molecule has 0 bridgehead atoms. The number of thioether (sulfide) groups is 1. The molecule has 0 saturated carbocycles. The van der Waals surface area contributed by atoms with Crippen LogP contribution in [-0.4, -0.2) is 20.9 Å². The van der Waals surface area contributed by atoms with E-state index in [4.69, 9.17) is 11.0 Å². The zero-order chi connectivity index (χ0) is 10.7. The van der Waals surface area contributed by atoms with Crippen molar-refractivity contribution in [3.63, 3.8) is 0 Å². The summed E-state index contributed by atoms with van der Waals surface area (Å²) in [5, 5.41) is 9.02. The van der Waals surface area contributed by atoms with E-state index >= 15 is 0 Å². The van der Waals surface area contributed by atoms with Gasteiger partial charge in [-0.15, -0.1) is 11.8 Å². The number of imidazole rings is 1. The van der Waals surface area contributed by atoms with Crippen LogP contribution < -0.4 is 5.73 Å². The van der Waals surface area contributed by atoms with E-state index in [2.05, 4.69) is 9.98 Å². The highest BCUT2D eigenvalue weighted by atomic mass is 32.2. The highest BCUT2D eigenvalue weighted by Gasteiger charge is 2.14. The summed E-state index contributed by atoms with van der Waals surface area (Å²) in [7, 11) is 1.82. The van der Waals surface area contributed by atoms with E-state index in [1.165, 1.54) is 11.8 Å². The third-order valence-electron chi connectivity index (χ3n) is 1.91. The predicted molar refractivity (Wildman–Crippen MR) is 58.0 cm³/mol. The van der Waals surface area contributed by atoms with E-state index in [1.807, 2.05) is 20.2 Å². The zero-order valence-electron chi connectivity index (χ0n) is 8.27. The average molecular weight is 209 g/mol. The Bertz CT molecular complexity index is 412. The Morgan fingerprint density at radius 1 is 1.71 bits per heavy atom. The topological polar surface area (TPSA) is 80.0 Å². The van der Waals surface area contributed by atoms with Gasteiger partial charge in [-0.2, -0.15) is 10.3 Å². The Hall–Kier alpha value is -1.48. The van der Waals surface area contributed by atoms with Crippen LogP contribution in [-0.2, 0) is 7.05 Å². The van der Waals surface area contributed by atoms with Gasteiger partial charge in [0, 0.05) is 7.05 Å². The fourth-order valence-corrected chi connectivity index (χ4v) is 1.50. The molecule has 0 aliphatic rings. The Balaban J connectivity index is 3.26. The molecule has 6 heteroatoms. The lowest BCUT2D eigenvalue weighted by molar-refractivity contribution is 0.868. The number of nitrogens with two attached hydrogens (primary N) is 1. The SMILES string of the molecule is CSC(=NC#N)c1nc(C)n(C)c1N. The van der Waals surface area contributed by atoms with Gasteiger partial charge in [-0.3, -0.25) is 0 Å². The standard InChI is InChI=1S/C8H11N5S/c1-5-12-6(7(10)13(5)2)8(14-3)11-4-9/h10H2,1-3H3. The van der Waals surface area contributed by atoms with Gasteiger partial charge in [0.25, 0.3) is 0 Å². The summed E-state index contributed by atoms with van der Waals surface area (Å²) in [6.07, 6.45) is 3.57. The molecule has 1 rings (SSSR count). The molecule has 0 unspecified atom stereocenters. The van der Waals surface area contributed by atoms with Crippen LogP contribution in [0.5, 0.6) is 0 Å². The van der Waals surface area contributed by atoms with Crippen LogP contribution in [0.25, 0.3) is 0 Å². The first kappa shape index (κ1) is 10.6. The van der Waals surface area contributed by atoms with E-state index in [1.54, 1.807) is 10.8 Å². The predicted octanol–water partition coefficient (Wildman–Crippen LogP) is 0.901. The summed E-state index contributed by atoms with van der Waals surface area (Å²) in [4.78, 5) is 7.89. The van der Waals surface area contributed by atoms with Crippen molar-refractivity contribution in [3.8, 4) is 6.19 Å². The Kier molecular flexibility index (Phi) is 3.14. The molecule has 0 aliphatic heterocycles. The van der Waals surface area contributed by atoms with Crippen molar-refractivity contribution in [3.05, 3.63) is 11.5 Å². The first-order valence-electron chi connectivity index (χ1n) is 3.91. The number of hydrogen-bond donors (Lipinski definition) is 1. The monoisotopic (exact) mass is 209 g/mol. The van der Waals surface area contributed by atoms with E-state index in [0.717, 1.165) is 5.82 Å². The van der Waals surface area contributed by atoms with Crippen LogP contribution in [0.4, 0.5) is 5.82 Å². The lowest BCUT2D eigenvalue weighted by atomic mass is 10.4. The van der Waals surface area contributed by atoms with Crippen LogP contribution in [0.2, 0.25) is 0 Å². The Morgan fingerprint density at radius 3 is 2.71 bits per heavy atom. The Morgan fingerprint density at radius 2 is 2.36 bits per heavy atom. The van der Waals surface area contributed by atoms with E-state index in [0.29, 0.717) is 16.6 Å². The molecule has 1 aromatic rings. The second kappa shape index (κ2) is 4.15. The number of aryl methyl sites for hydroxylation is 1. The molecule has 5 nitrogen and oxygen atoms in total. The van der Waals surface area contributed by atoms with Gasteiger partial charge in [0.05, 0.1) is 0 Å². The molecule has 14 heavy (non-hydrogen) atoms. The third-order valence-corrected chi connectivity index (χ3v) is 2.58. The normalized spacial score (nSPS) is 11.4. The van der Waals surface area contributed by atoms with Crippen molar-refractivity contribution in [1.82, 2.24) is 9.55 Å². The summed E-state index contributed by atoms with van der Waals surface area (Å²) < 4.78 is 1.76. The first-order chi connectivity index (χ1) is 6.61. The molecule has 0 spiro atoms. The molecule has 0 aliphatic carbocycles. The molecule has 74 valence electrons. The lowest BCUT2D eigenvalue weighted by Gasteiger charge is -1.99. The lowest BCUT2D eigenvalue weighted by Crippen LogP contribution is -2.03. The number of hydrogen-bond acceptors (Lipinski definition) is 5. The third kappa shape index (κ3) is 1.72. The molecular formula is C8H11N5S. The van der Waals surface area contributed by atoms with Crippen molar-refractivity contribution in [2.75, 3.05) is 12.0 Å². The minimum atomic E-state index is 0.533. The van der Waals surface area contributed by atoms with Crippen molar-refractivity contribution in [1.29, 1.82) is 5.26 Å². The smallest absolute Gasteiger partial charge is 0.206 e. The van der Waals surface area contributed by atoms with E-state index in [-0.39, 0.29) is 0 Å². The van der Waals surface area contributed by atoms with E-state index < -0.39 is 0 Å². The second-order valence-electron chi connectivity index (χ2n) is 2.67. The molecule has 0 aromatic carbocycles. The molecule has 0 saturated heterocycles. The van der Waals surface area contributed by atoms with Crippen molar-refractivity contribution >= 4 is 22.6 Å². The number of nitrogens with zero attached hydrogens (tertiary/aromatic N) is 4. The molecule has 0 amide bonds. The molecule has 1 aromatic heterocycles. The molecular weight excluding hydrogens is 198 g/mol. The molecule has 0 radical (unpaired) electrons. The Labute approximate surface area is 86.6 Å². The zero-order valence-corrected chi connectivity index (χ0v) is 9.09. The second-order valence-corrected chi connectivity index (χ2v) is 3.47. The molecule has 0 fully saturated rings. The maximum atomic E-state index is 8.47. The summed E-state index contributed by atoms with van der Waals surface area (Å²) in [5.41, 5.74) is 6.39. The number of nitriles is 1. The first-order valence-corrected chi connectivity index (χ1v) is 5.14. The minimum absolute atomic E-state index is 0.533. The molecule has 1 heterocycles. The van der Waals surface area contributed by atoms with Gasteiger partial charge in [0.1, 0.15) is 22.4 Å². The van der Waals surface area contributed by atoms with Gasteiger partial charge in [0.2, 0.25) is 6.19 Å². The van der Waals surface area contributed by atoms with Crippen LogP contribution in [0.1, 0.15) is 11.5 Å². The summed E-state index contributed by atoms with van der Waals surface area (Å²) in [6, 6.07) is 0. The summed E-state index contributed by atoms with van der Waals surface area (Å²) in [5.74, 6) is 1.34. The molecule has 2 N–H and O–H groups in total. The van der Waals surface area contributed by atoms with Crippen molar-refractivity contribution in [2.24, 2.45) is 12.0 Å². The quantitative estimate of drug-likeness (QED) is 0.423. The van der Waals surface area contributed by atoms with Crippen LogP contribution >= 0.6 is 11.8 Å². The fraction of sp³-hybridized carbons (Fsp3) is 0.375.